The Labute approximate surface area is 203 Å². The molecule has 3 N–H and O–H groups in total. The van der Waals surface area contributed by atoms with Crippen LogP contribution in [0.25, 0.3) is 11.1 Å². The lowest BCUT2D eigenvalue weighted by Gasteiger charge is -2.19. The van der Waals surface area contributed by atoms with Gasteiger partial charge in [0.15, 0.2) is 0 Å². The standard InChI is InChI=1S/C28H26N2O5/c1-17-14-18(26(32)33)10-11-24(17)29-25(31)15-28(12-13-28)30-27(34)35-16-23-21-8-4-2-6-19(21)20-7-3-5-9-22(20)23/h2-11,14,23H,12-13,15-16H2,1H3,(H,29,31)(H,30,34)(H,32,33). The fourth-order valence-corrected chi connectivity index (χ4v) is 4.79. The van der Waals surface area contributed by atoms with E-state index in [-0.39, 0.29) is 30.4 Å². The molecule has 3 aromatic carbocycles. The van der Waals surface area contributed by atoms with Gasteiger partial charge in [0.1, 0.15) is 6.61 Å². The van der Waals surface area contributed by atoms with Gasteiger partial charge in [0.05, 0.1) is 17.5 Å². The number of nitrogens with one attached hydrogen (secondary N) is 2. The van der Waals surface area contributed by atoms with Crippen LogP contribution < -0.4 is 10.6 Å². The van der Waals surface area contributed by atoms with Crippen LogP contribution >= 0.6 is 0 Å². The summed E-state index contributed by atoms with van der Waals surface area (Å²) in [4.78, 5) is 36.4. The predicted molar refractivity (Wildman–Crippen MR) is 132 cm³/mol. The van der Waals surface area contributed by atoms with Gasteiger partial charge < -0.3 is 20.5 Å². The van der Waals surface area contributed by atoms with Crippen molar-refractivity contribution < 1.29 is 24.2 Å². The SMILES string of the molecule is Cc1cc(C(=O)O)ccc1NC(=O)CC1(NC(=O)OCC2c3ccccc3-c3ccccc32)CC1. The van der Waals surface area contributed by atoms with Crippen molar-refractivity contribution >= 4 is 23.7 Å². The lowest BCUT2D eigenvalue weighted by molar-refractivity contribution is -0.116. The van der Waals surface area contributed by atoms with Crippen molar-refractivity contribution in [2.45, 2.75) is 37.6 Å². The van der Waals surface area contributed by atoms with E-state index in [0.717, 1.165) is 11.1 Å². The summed E-state index contributed by atoms with van der Waals surface area (Å²) in [7, 11) is 0. The maximum Gasteiger partial charge on any atom is 0.407 e. The van der Waals surface area contributed by atoms with Gasteiger partial charge in [-0.25, -0.2) is 9.59 Å². The van der Waals surface area contributed by atoms with Crippen LogP contribution in [0.4, 0.5) is 10.5 Å². The van der Waals surface area contributed by atoms with Gasteiger partial charge in [0, 0.05) is 11.6 Å². The number of fused-ring (bicyclic) bond motifs is 3. The molecule has 5 rings (SSSR count). The van der Waals surface area contributed by atoms with Gasteiger partial charge >= 0.3 is 12.1 Å². The van der Waals surface area contributed by atoms with E-state index in [2.05, 4.69) is 34.9 Å². The Kier molecular flexibility index (Phi) is 5.76. The molecule has 0 unspecified atom stereocenters. The normalized spacial score (nSPS) is 15.0. The van der Waals surface area contributed by atoms with Crippen molar-refractivity contribution in [2.24, 2.45) is 0 Å². The van der Waals surface area contributed by atoms with Gasteiger partial charge in [-0.15, -0.1) is 0 Å². The van der Waals surface area contributed by atoms with E-state index in [1.165, 1.54) is 23.3 Å². The second kappa shape index (κ2) is 8.91. The van der Waals surface area contributed by atoms with Crippen LogP contribution in [-0.4, -0.2) is 35.2 Å². The van der Waals surface area contributed by atoms with E-state index < -0.39 is 17.6 Å². The topological polar surface area (TPSA) is 105 Å². The number of carboxylic acids is 1. The summed E-state index contributed by atoms with van der Waals surface area (Å²) in [5, 5.41) is 14.8. The zero-order valence-electron chi connectivity index (χ0n) is 19.3. The predicted octanol–water partition coefficient (Wildman–Crippen LogP) is 5.09. The molecule has 0 aliphatic heterocycles. The van der Waals surface area contributed by atoms with Crippen LogP contribution in [0.3, 0.4) is 0 Å². The van der Waals surface area contributed by atoms with Crippen LogP contribution in [0, 0.1) is 6.92 Å². The minimum absolute atomic E-state index is 0.0247. The number of carbonyl (C=O) groups is 3. The van der Waals surface area contributed by atoms with Gasteiger partial charge in [-0.3, -0.25) is 4.79 Å². The zero-order chi connectivity index (χ0) is 24.6. The molecule has 2 aliphatic rings. The van der Waals surface area contributed by atoms with Crippen LogP contribution in [-0.2, 0) is 9.53 Å². The van der Waals surface area contributed by atoms with Crippen molar-refractivity contribution in [2.75, 3.05) is 11.9 Å². The molecule has 0 bridgehead atoms. The number of anilines is 1. The number of carboxylic acid groups (broad SMARTS) is 1. The second-order valence-corrected chi connectivity index (χ2v) is 9.29. The molecule has 178 valence electrons. The van der Waals surface area contributed by atoms with E-state index in [1.54, 1.807) is 13.0 Å². The minimum Gasteiger partial charge on any atom is -0.478 e. The molecule has 0 heterocycles. The minimum atomic E-state index is -1.02. The molecule has 0 atom stereocenters. The lowest BCUT2D eigenvalue weighted by atomic mass is 9.98. The highest BCUT2D eigenvalue weighted by Crippen LogP contribution is 2.44. The van der Waals surface area contributed by atoms with Gasteiger partial charge in [0.25, 0.3) is 0 Å². The Balaban J connectivity index is 1.18. The molecule has 0 radical (unpaired) electrons. The number of aromatic carboxylic acids is 1. The van der Waals surface area contributed by atoms with Crippen LogP contribution in [0.1, 0.15) is 52.2 Å². The molecule has 1 saturated carbocycles. The highest BCUT2D eigenvalue weighted by atomic mass is 16.5. The number of hydrogen-bond acceptors (Lipinski definition) is 4. The van der Waals surface area contributed by atoms with E-state index in [0.29, 0.717) is 24.1 Å². The number of ether oxygens (including phenoxy) is 1. The molecule has 7 nitrogen and oxygen atoms in total. The number of rotatable bonds is 7. The first-order valence-electron chi connectivity index (χ1n) is 11.6. The van der Waals surface area contributed by atoms with Crippen LogP contribution in [0.15, 0.2) is 66.7 Å². The third-order valence-electron chi connectivity index (χ3n) is 6.81. The first-order valence-corrected chi connectivity index (χ1v) is 11.6. The fraction of sp³-hybridized carbons (Fsp3) is 0.250. The molecule has 0 spiro atoms. The molecule has 0 saturated heterocycles. The summed E-state index contributed by atoms with van der Waals surface area (Å²) in [6.07, 6.45) is 0.986. The molecule has 0 aromatic heterocycles. The third kappa shape index (κ3) is 4.62. The largest absolute Gasteiger partial charge is 0.478 e. The Hall–Kier alpha value is -4.13. The summed E-state index contributed by atoms with van der Waals surface area (Å²) in [6, 6.07) is 20.9. The summed E-state index contributed by atoms with van der Waals surface area (Å²) >= 11 is 0. The highest BCUT2D eigenvalue weighted by molar-refractivity contribution is 5.94. The van der Waals surface area contributed by atoms with Crippen molar-refractivity contribution in [1.82, 2.24) is 5.32 Å². The summed E-state index contributed by atoms with van der Waals surface area (Å²) in [5.74, 6) is -1.29. The molecule has 3 aromatic rings. The third-order valence-corrected chi connectivity index (χ3v) is 6.81. The molecule has 2 aliphatic carbocycles. The molecule has 35 heavy (non-hydrogen) atoms. The summed E-state index contributed by atoms with van der Waals surface area (Å²) in [5.41, 5.74) is 5.39. The Morgan fingerprint density at radius 1 is 0.971 bits per heavy atom. The number of amides is 2. The second-order valence-electron chi connectivity index (χ2n) is 9.29. The molecule has 2 amide bonds. The summed E-state index contributed by atoms with van der Waals surface area (Å²) in [6.45, 7) is 1.96. The van der Waals surface area contributed by atoms with E-state index in [1.807, 2.05) is 24.3 Å². The van der Waals surface area contributed by atoms with Gasteiger partial charge in [-0.2, -0.15) is 0 Å². The average Bonchev–Trinajstić information content (AvgIpc) is 3.50. The van der Waals surface area contributed by atoms with Crippen molar-refractivity contribution in [3.05, 3.63) is 89.0 Å². The number of alkyl carbamates (subject to hydrolysis) is 1. The Morgan fingerprint density at radius 2 is 1.60 bits per heavy atom. The van der Waals surface area contributed by atoms with Gasteiger partial charge in [-0.05, 0) is 65.8 Å². The van der Waals surface area contributed by atoms with Crippen LogP contribution in [0.2, 0.25) is 0 Å². The molecule has 1 fully saturated rings. The number of hydrogen-bond donors (Lipinski definition) is 3. The summed E-state index contributed by atoms with van der Waals surface area (Å²) < 4.78 is 5.63. The smallest absolute Gasteiger partial charge is 0.407 e. The highest BCUT2D eigenvalue weighted by Gasteiger charge is 2.46. The molecular weight excluding hydrogens is 444 g/mol. The van der Waals surface area contributed by atoms with E-state index in [9.17, 15) is 14.4 Å². The van der Waals surface area contributed by atoms with Crippen LogP contribution in [0.5, 0.6) is 0 Å². The van der Waals surface area contributed by atoms with Crippen molar-refractivity contribution in [3.63, 3.8) is 0 Å². The van der Waals surface area contributed by atoms with Crippen molar-refractivity contribution in [3.8, 4) is 11.1 Å². The quantitative estimate of drug-likeness (QED) is 0.446. The lowest BCUT2D eigenvalue weighted by Crippen LogP contribution is -2.40. The van der Waals surface area contributed by atoms with E-state index >= 15 is 0 Å². The van der Waals surface area contributed by atoms with Crippen molar-refractivity contribution in [1.29, 1.82) is 0 Å². The average molecular weight is 471 g/mol. The van der Waals surface area contributed by atoms with Gasteiger partial charge in [-0.1, -0.05) is 48.5 Å². The maximum absolute atomic E-state index is 12.7. The Morgan fingerprint density at radius 3 is 2.17 bits per heavy atom. The fourth-order valence-electron chi connectivity index (χ4n) is 4.79. The number of benzene rings is 3. The number of carbonyl (C=O) groups excluding carboxylic acids is 2. The molecular formula is C28H26N2O5. The number of aryl methyl sites for hydroxylation is 1. The molecule has 7 heteroatoms. The van der Waals surface area contributed by atoms with Gasteiger partial charge in [0.2, 0.25) is 5.91 Å². The first kappa shape index (κ1) is 22.7. The Bertz CT molecular complexity index is 1280. The first-order chi connectivity index (χ1) is 16.8. The van der Waals surface area contributed by atoms with E-state index in [4.69, 9.17) is 9.84 Å². The maximum atomic E-state index is 12.7. The zero-order valence-corrected chi connectivity index (χ0v) is 19.3. The monoisotopic (exact) mass is 470 g/mol.